The largest absolute Gasteiger partial charge is 0.339 e. The first-order valence-electron chi connectivity index (χ1n) is 9.12. The molecule has 0 bridgehead atoms. The van der Waals surface area contributed by atoms with E-state index in [0.717, 1.165) is 5.56 Å². The lowest BCUT2D eigenvalue weighted by Gasteiger charge is -2.18. The number of carbonyl (C=O) groups excluding carboxylic acids is 2. The summed E-state index contributed by atoms with van der Waals surface area (Å²) in [7, 11) is 0. The van der Waals surface area contributed by atoms with Gasteiger partial charge in [0.1, 0.15) is 0 Å². The number of halogens is 1. The molecule has 0 aliphatic carbocycles. The molecular weight excluding hydrogens is 362 g/mol. The van der Waals surface area contributed by atoms with Crippen LogP contribution in [0.3, 0.4) is 0 Å². The second-order valence-corrected chi connectivity index (χ2v) is 6.70. The van der Waals surface area contributed by atoms with Crippen molar-refractivity contribution in [3.05, 3.63) is 64.7 Å². The third kappa shape index (κ3) is 6.08. The molecule has 2 amide bonds. The molecule has 0 fully saturated rings. The molecule has 5 nitrogen and oxygen atoms in total. The highest BCUT2D eigenvalue weighted by atomic mass is 35.5. The molecule has 6 heteroatoms. The van der Waals surface area contributed by atoms with E-state index in [1.54, 1.807) is 29.2 Å². The van der Waals surface area contributed by atoms with Gasteiger partial charge in [0.15, 0.2) is 0 Å². The van der Waals surface area contributed by atoms with Crippen molar-refractivity contribution in [2.24, 2.45) is 0 Å². The van der Waals surface area contributed by atoms with Crippen LogP contribution in [-0.2, 0) is 4.79 Å². The van der Waals surface area contributed by atoms with Crippen molar-refractivity contribution < 1.29 is 9.59 Å². The summed E-state index contributed by atoms with van der Waals surface area (Å²) in [6, 6.07) is 14.5. The standard InChI is InChI=1S/C21H26ClN3O2/c1-4-25(5-2)21(27)16-9-11-19(12-10-16)24-20(26)14-23-15(3)17-7-6-8-18(22)13-17/h6-13,15,23H,4-5,14H2,1-3H3,(H,24,26)/t15-/m0/s1. The fourth-order valence-electron chi connectivity index (χ4n) is 2.73. The molecule has 0 saturated heterocycles. The van der Waals surface area contributed by atoms with Crippen molar-refractivity contribution in [3.8, 4) is 0 Å². The molecule has 0 spiro atoms. The molecule has 0 saturated carbocycles. The van der Waals surface area contributed by atoms with Crippen LogP contribution in [0, 0.1) is 0 Å². The molecule has 2 aromatic rings. The topological polar surface area (TPSA) is 61.4 Å². The second-order valence-electron chi connectivity index (χ2n) is 6.26. The number of benzene rings is 2. The lowest BCUT2D eigenvalue weighted by molar-refractivity contribution is -0.115. The number of nitrogens with zero attached hydrogens (tertiary/aromatic N) is 1. The maximum absolute atomic E-state index is 12.3. The number of nitrogens with one attached hydrogen (secondary N) is 2. The minimum Gasteiger partial charge on any atom is -0.339 e. The van der Waals surface area contributed by atoms with E-state index < -0.39 is 0 Å². The van der Waals surface area contributed by atoms with E-state index in [1.807, 2.05) is 45.0 Å². The Labute approximate surface area is 165 Å². The summed E-state index contributed by atoms with van der Waals surface area (Å²) >= 11 is 6.00. The normalized spacial score (nSPS) is 11.7. The minimum absolute atomic E-state index is 0.00326. The number of anilines is 1. The molecule has 2 aromatic carbocycles. The van der Waals surface area contributed by atoms with E-state index in [4.69, 9.17) is 11.6 Å². The average molecular weight is 388 g/mol. The number of hydrogen-bond donors (Lipinski definition) is 2. The van der Waals surface area contributed by atoms with Gasteiger partial charge in [0.05, 0.1) is 6.54 Å². The van der Waals surface area contributed by atoms with Crippen molar-refractivity contribution in [1.29, 1.82) is 0 Å². The highest BCUT2D eigenvalue weighted by molar-refractivity contribution is 6.30. The van der Waals surface area contributed by atoms with E-state index in [0.29, 0.717) is 29.4 Å². The van der Waals surface area contributed by atoms with E-state index >= 15 is 0 Å². The van der Waals surface area contributed by atoms with Crippen LogP contribution in [-0.4, -0.2) is 36.3 Å². The Morgan fingerprint density at radius 2 is 1.74 bits per heavy atom. The van der Waals surface area contributed by atoms with Crippen molar-refractivity contribution in [2.75, 3.05) is 25.0 Å². The van der Waals surface area contributed by atoms with Crippen LogP contribution in [0.25, 0.3) is 0 Å². The van der Waals surface area contributed by atoms with Crippen molar-refractivity contribution in [1.82, 2.24) is 10.2 Å². The zero-order chi connectivity index (χ0) is 19.8. The Hall–Kier alpha value is -2.37. The zero-order valence-corrected chi connectivity index (χ0v) is 16.7. The predicted octanol–water partition coefficient (Wildman–Crippen LogP) is 4.11. The van der Waals surface area contributed by atoms with Gasteiger partial charge in [-0.15, -0.1) is 0 Å². The van der Waals surface area contributed by atoms with Gasteiger partial charge >= 0.3 is 0 Å². The van der Waals surface area contributed by atoms with E-state index in [2.05, 4.69) is 10.6 Å². The Morgan fingerprint density at radius 1 is 1.07 bits per heavy atom. The van der Waals surface area contributed by atoms with Gasteiger partial charge in [-0.05, 0) is 62.7 Å². The molecule has 2 N–H and O–H groups in total. The molecule has 0 radical (unpaired) electrons. The van der Waals surface area contributed by atoms with Crippen molar-refractivity contribution >= 4 is 29.1 Å². The maximum atomic E-state index is 12.3. The quantitative estimate of drug-likeness (QED) is 0.716. The average Bonchev–Trinajstić information content (AvgIpc) is 2.67. The van der Waals surface area contributed by atoms with Gasteiger partial charge in [0, 0.05) is 35.4 Å². The summed E-state index contributed by atoms with van der Waals surface area (Å²) in [5.41, 5.74) is 2.30. The summed E-state index contributed by atoms with van der Waals surface area (Å²) < 4.78 is 0. The fraction of sp³-hybridized carbons (Fsp3) is 0.333. The lowest BCUT2D eigenvalue weighted by Crippen LogP contribution is -2.31. The molecule has 0 aromatic heterocycles. The van der Waals surface area contributed by atoms with Gasteiger partial charge in [-0.3, -0.25) is 9.59 Å². The molecule has 0 aliphatic rings. The van der Waals surface area contributed by atoms with Gasteiger partial charge in [0.25, 0.3) is 5.91 Å². The minimum atomic E-state index is -0.147. The third-order valence-corrected chi connectivity index (χ3v) is 4.62. The highest BCUT2D eigenvalue weighted by Crippen LogP contribution is 2.17. The predicted molar refractivity (Wildman–Crippen MR) is 110 cm³/mol. The molecule has 144 valence electrons. The second kappa shape index (κ2) is 10.1. The Balaban J connectivity index is 1.87. The molecule has 27 heavy (non-hydrogen) atoms. The Bertz CT molecular complexity index is 773. The molecule has 2 rings (SSSR count). The molecule has 0 aliphatic heterocycles. The number of rotatable bonds is 8. The van der Waals surface area contributed by atoms with E-state index in [-0.39, 0.29) is 24.4 Å². The summed E-state index contributed by atoms with van der Waals surface area (Å²) in [4.78, 5) is 26.2. The van der Waals surface area contributed by atoms with Crippen LogP contribution < -0.4 is 10.6 Å². The van der Waals surface area contributed by atoms with Crippen LogP contribution in [0.15, 0.2) is 48.5 Å². The van der Waals surface area contributed by atoms with Gasteiger partial charge in [-0.25, -0.2) is 0 Å². The van der Waals surface area contributed by atoms with Gasteiger partial charge in [-0.2, -0.15) is 0 Å². The first kappa shape index (κ1) is 20.9. The fourth-order valence-corrected chi connectivity index (χ4v) is 2.93. The van der Waals surface area contributed by atoms with Crippen molar-refractivity contribution in [2.45, 2.75) is 26.8 Å². The Morgan fingerprint density at radius 3 is 2.33 bits per heavy atom. The van der Waals surface area contributed by atoms with Crippen molar-refractivity contribution in [3.63, 3.8) is 0 Å². The van der Waals surface area contributed by atoms with Gasteiger partial charge < -0.3 is 15.5 Å². The van der Waals surface area contributed by atoms with E-state index in [1.165, 1.54) is 0 Å². The number of hydrogen-bond acceptors (Lipinski definition) is 3. The molecule has 1 atom stereocenters. The smallest absolute Gasteiger partial charge is 0.253 e. The summed E-state index contributed by atoms with van der Waals surface area (Å²) in [6.45, 7) is 7.40. The first-order valence-corrected chi connectivity index (χ1v) is 9.50. The highest BCUT2D eigenvalue weighted by Gasteiger charge is 2.13. The van der Waals surface area contributed by atoms with Crippen LogP contribution >= 0.6 is 11.6 Å². The third-order valence-electron chi connectivity index (χ3n) is 4.38. The molecule has 0 unspecified atom stereocenters. The first-order chi connectivity index (χ1) is 12.9. The summed E-state index contributed by atoms with van der Waals surface area (Å²) in [6.07, 6.45) is 0. The SMILES string of the molecule is CCN(CC)C(=O)c1ccc(NC(=O)CN[C@@H](C)c2cccc(Cl)c2)cc1. The zero-order valence-electron chi connectivity index (χ0n) is 16.0. The monoisotopic (exact) mass is 387 g/mol. The summed E-state index contributed by atoms with van der Waals surface area (Å²) in [5.74, 6) is -0.151. The van der Waals surface area contributed by atoms with E-state index in [9.17, 15) is 9.59 Å². The number of carbonyl (C=O) groups is 2. The van der Waals surface area contributed by atoms with Gasteiger partial charge in [-0.1, -0.05) is 23.7 Å². The van der Waals surface area contributed by atoms with Crippen LogP contribution in [0.1, 0.15) is 42.7 Å². The van der Waals surface area contributed by atoms with Gasteiger partial charge in [0.2, 0.25) is 5.91 Å². The molecule has 0 heterocycles. The Kier molecular flexibility index (Phi) is 7.82. The van der Waals surface area contributed by atoms with Crippen LogP contribution in [0.4, 0.5) is 5.69 Å². The van der Waals surface area contributed by atoms with Crippen LogP contribution in [0.2, 0.25) is 5.02 Å². The van der Waals surface area contributed by atoms with Crippen LogP contribution in [0.5, 0.6) is 0 Å². The molecular formula is C21H26ClN3O2. The lowest BCUT2D eigenvalue weighted by atomic mass is 10.1. The maximum Gasteiger partial charge on any atom is 0.253 e. The number of amides is 2. The summed E-state index contributed by atoms with van der Waals surface area (Å²) in [5, 5.41) is 6.68.